The van der Waals surface area contributed by atoms with E-state index in [1.165, 1.54) is 69.1 Å². The minimum Gasteiger partial charge on any atom is -0.508 e. The summed E-state index contributed by atoms with van der Waals surface area (Å²) in [4.78, 5) is 39.9. The monoisotopic (exact) mass is 808 g/mol. The number of esters is 2. The fourth-order valence-corrected chi connectivity index (χ4v) is 14.3. The summed E-state index contributed by atoms with van der Waals surface area (Å²) in [5.41, 5.74) is 2.39. The molecule has 9 nitrogen and oxygen atoms in total. The van der Waals surface area contributed by atoms with Crippen LogP contribution >= 0.6 is 0 Å². The smallest absolute Gasteiger partial charge is 0.311 e. The lowest BCUT2D eigenvalue weighted by atomic mass is 9.42. The summed E-state index contributed by atoms with van der Waals surface area (Å²) in [6.07, 6.45) is 14.9. The molecule has 0 spiro atoms. The molecule has 318 valence electrons. The highest BCUT2D eigenvalue weighted by Crippen LogP contribution is 2.70. The maximum absolute atomic E-state index is 13.4. The molecular weight excluding hydrogens is 745 g/mol. The second kappa shape index (κ2) is 14.8. The highest BCUT2D eigenvalue weighted by atomic mass is 16.6. The average molecular weight is 809 g/mol. The average Bonchev–Trinajstić information content (AvgIpc) is 3.34. The number of fused-ring (bicyclic) bond motifs is 7. The van der Waals surface area contributed by atoms with Gasteiger partial charge >= 0.3 is 11.9 Å². The highest BCUT2D eigenvalue weighted by molar-refractivity contribution is 5.92. The second-order valence-electron chi connectivity index (χ2n) is 20.9. The zero-order chi connectivity index (χ0) is 42.3. The lowest BCUT2D eigenvalue weighted by Crippen LogP contribution is -2.58. The fraction of sp³-hybridized carbons (Fsp3) is 0.620. The Kier molecular flexibility index (Phi) is 10.4. The van der Waals surface area contributed by atoms with Crippen LogP contribution in [0.5, 0.6) is 17.2 Å². The van der Waals surface area contributed by atoms with Crippen LogP contribution in [0.3, 0.4) is 0 Å². The summed E-state index contributed by atoms with van der Waals surface area (Å²) in [6.45, 7) is 17.3. The Morgan fingerprint density at radius 3 is 2.17 bits per heavy atom. The molecule has 1 heterocycles. The number of aromatic hydroxyl groups is 2. The molecule has 0 radical (unpaired) electrons. The largest absolute Gasteiger partial charge is 0.508 e. The predicted octanol–water partition coefficient (Wildman–Crippen LogP) is 10.9. The third kappa shape index (κ3) is 6.82. The molecule has 5 aliphatic rings. The third-order valence-electron chi connectivity index (χ3n) is 17.2. The first kappa shape index (κ1) is 41.6. The molecule has 0 unspecified atom stereocenters. The Morgan fingerprint density at radius 1 is 0.763 bits per heavy atom. The number of carbonyl (C=O) groups excluding carboxylic acids is 2. The van der Waals surface area contributed by atoms with Gasteiger partial charge in [-0.05, 0) is 139 Å². The standard InChI is InChI=1S/C50H64O9/c1-46(2)37-21-24-48(5)27-30-11-17-36-47(3,4)40(23-25-49(36,6)33(30)14-18-38(48)50(37,7)26-22-39(46)56-8)59-42(54)20-19-41(53)58-35-16-15-34(52)43-44(55)32(28-57-45(35)43)29-9-12-31(51)13-10-29/h9-13,15-16,28,33,36-40,51-52H,14,17-27H2,1-8H3/t33-,36-,37-,38-,39+,40+,48-,49+,50-/m0/s1. The maximum atomic E-state index is 13.4. The van der Waals surface area contributed by atoms with E-state index in [2.05, 4.69) is 54.5 Å². The van der Waals surface area contributed by atoms with Crippen LogP contribution in [-0.2, 0) is 19.1 Å². The van der Waals surface area contributed by atoms with Crippen LogP contribution in [-0.4, -0.2) is 41.5 Å². The van der Waals surface area contributed by atoms with Crippen LogP contribution in [0.2, 0.25) is 0 Å². The second-order valence-corrected chi connectivity index (χ2v) is 20.9. The molecule has 0 saturated heterocycles. The summed E-state index contributed by atoms with van der Waals surface area (Å²) in [7, 11) is 1.90. The van der Waals surface area contributed by atoms with Crippen LogP contribution in [0.1, 0.15) is 126 Å². The van der Waals surface area contributed by atoms with E-state index < -0.39 is 17.4 Å². The van der Waals surface area contributed by atoms with Crippen molar-refractivity contribution < 1.29 is 38.4 Å². The summed E-state index contributed by atoms with van der Waals surface area (Å²) in [6, 6.07) is 8.65. The summed E-state index contributed by atoms with van der Waals surface area (Å²) in [5, 5.41) is 20.1. The van der Waals surface area contributed by atoms with E-state index in [0.717, 1.165) is 25.7 Å². The van der Waals surface area contributed by atoms with Crippen LogP contribution in [0.4, 0.5) is 0 Å². The topological polar surface area (TPSA) is 132 Å². The molecule has 9 atom stereocenters. The molecule has 3 aromatic rings. The molecular formula is C50H64O9. The lowest BCUT2D eigenvalue weighted by molar-refractivity contribution is -0.178. The zero-order valence-electron chi connectivity index (χ0n) is 36.3. The fourth-order valence-electron chi connectivity index (χ4n) is 14.3. The van der Waals surface area contributed by atoms with E-state index in [1.54, 1.807) is 17.7 Å². The summed E-state index contributed by atoms with van der Waals surface area (Å²) < 4.78 is 23.6. The minimum absolute atomic E-state index is 0.0362. The van der Waals surface area contributed by atoms with Gasteiger partial charge in [-0.3, -0.25) is 14.4 Å². The van der Waals surface area contributed by atoms with Crippen LogP contribution in [0.25, 0.3) is 22.1 Å². The Labute approximate surface area is 348 Å². The third-order valence-corrected chi connectivity index (χ3v) is 17.2. The minimum atomic E-state index is -0.683. The number of ether oxygens (including phenoxy) is 3. The van der Waals surface area contributed by atoms with Gasteiger partial charge < -0.3 is 28.8 Å². The van der Waals surface area contributed by atoms with E-state index >= 15 is 0 Å². The van der Waals surface area contributed by atoms with Gasteiger partial charge in [0.2, 0.25) is 5.43 Å². The summed E-state index contributed by atoms with van der Waals surface area (Å²) in [5.74, 6) is 0.810. The number of rotatable bonds is 7. The van der Waals surface area contributed by atoms with Gasteiger partial charge in [-0.1, -0.05) is 72.2 Å². The van der Waals surface area contributed by atoms with Gasteiger partial charge in [0, 0.05) is 12.5 Å². The van der Waals surface area contributed by atoms with E-state index in [1.807, 2.05) is 7.11 Å². The molecule has 0 bridgehead atoms. The quantitative estimate of drug-likeness (QED) is 0.136. The normalized spacial score (nSPS) is 34.5. The van der Waals surface area contributed by atoms with E-state index in [-0.39, 0.29) is 69.0 Å². The zero-order valence-corrected chi connectivity index (χ0v) is 36.3. The van der Waals surface area contributed by atoms with Crippen molar-refractivity contribution >= 4 is 22.9 Å². The molecule has 2 aromatic carbocycles. The van der Waals surface area contributed by atoms with E-state index in [9.17, 15) is 24.6 Å². The maximum Gasteiger partial charge on any atom is 0.311 e. The van der Waals surface area contributed by atoms with Gasteiger partial charge in [0.1, 0.15) is 29.3 Å². The van der Waals surface area contributed by atoms with Gasteiger partial charge in [0.25, 0.3) is 0 Å². The number of phenols is 2. The van der Waals surface area contributed by atoms with Crippen molar-refractivity contribution in [2.45, 2.75) is 138 Å². The first-order valence-electron chi connectivity index (χ1n) is 22.0. The van der Waals surface area contributed by atoms with Crippen molar-refractivity contribution in [3.63, 3.8) is 0 Å². The van der Waals surface area contributed by atoms with Gasteiger partial charge in [0.05, 0.1) is 24.5 Å². The Morgan fingerprint density at radius 2 is 1.44 bits per heavy atom. The molecule has 4 fully saturated rings. The van der Waals surface area contributed by atoms with Gasteiger partial charge in [-0.15, -0.1) is 0 Å². The predicted molar refractivity (Wildman–Crippen MR) is 227 cm³/mol. The highest BCUT2D eigenvalue weighted by Gasteiger charge is 2.63. The van der Waals surface area contributed by atoms with E-state index in [0.29, 0.717) is 46.2 Å². The van der Waals surface area contributed by atoms with Crippen molar-refractivity contribution in [2.75, 3.05) is 7.11 Å². The molecule has 5 aliphatic carbocycles. The molecule has 59 heavy (non-hydrogen) atoms. The van der Waals surface area contributed by atoms with Crippen molar-refractivity contribution in [1.82, 2.24) is 0 Å². The first-order chi connectivity index (χ1) is 27.8. The number of hydrogen-bond acceptors (Lipinski definition) is 9. The number of methoxy groups -OCH3 is 1. The number of carbonyl (C=O) groups is 2. The van der Waals surface area contributed by atoms with E-state index in [4.69, 9.17) is 18.6 Å². The SMILES string of the molecule is CO[C@@H]1CC[C@@]2(C)[C@@H](CC[C@@]3(C)CC4=CC[C@H]5C(C)(C)[C@H](OC(=O)CCC(=O)Oc6ccc(O)c7c(=O)c(-c8ccc(O)cc8)coc67)CC[C@]5(C)[C@H]4CC[C@@H]32)C1(C)C. The molecule has 9 heteroatoms. The van der Waals surface area contributed by atoms with Crippen LogP contribution < -0.4 is 10.2 Å². The Hall–Kier alpha value is -4.11. The van der Waals surface area contributed by atoms with Crippen LogP contribution in [0, 0.1) is 50.7 Å². The first-order valence-corrected chi connectivity index (χ1v) is 22.0. The van der Waals surface area contributed by atoms with Crippen molar-refractivity contribution in [3.8, 4) is 28.4 Å². The molecule has 0 amide bonds. The van der Waals surface area contributed by atoms with Gasteiger partial charge in [-0.25, -0.2) is 0 Å². The summed E-state index contributed by atoms with van der Waals surface area (Å²) >= 11 is 0. The number of hydrogen-bond donors (Lipinski definition) is 2. The Balaban J connectivity index is 0.919. The number of phenolic OH excluding ortho intramolecular Hbond substituents is 2. The van der Waals surface area contributed by atoms with Crippen LogP contribution in [0.15, 0.2) is 63.5 Å². The molecule has 4 saturated carbocycles. The number of allylic oxidation sites excluding steroid dienone is 2. The molecule has 8 rings (SSSR count). The molecule has 2 N–H and O–H groups in total. The van der Waals surface area contributed by atoms with Gasteiger partial charge in [0.15, 0.2) is 11.3 Å². The van der Waals surface area contributed by atoms with Crippen molar-refractivity contribution in [2.24, 2.45) is 50.7 Å². The van der Waals surface area contributed by atoms with Gasteiger partial charge in [-0.2, -0.15) is 0 Å². The Bertz CT molecular complexity index is 2210. The molecule has 0 aliphatic heterocycles. The lowest BCUT2D eigenvalue weighted by Gasteiger charge is -2.64. The van der Waals surface area contributed by atoms with Crippen molar-refractivity contribution in [3.05, 3.63) is 64.5 Å². The molecule has 1 aromatic heterocycles. The number of benzene rings is 2. The van der Waals surface area contributed by atoms with Crippen molar-refractivity contribution in [1.29, 1.82) is 0 Å².